The molecule has 3 N–H and O–H groups in total. The number of aliphatic hydroxyl groups excluding tert-OH is 2. The molecular weight excluding hydrogens is 214 g/mol. The van der Waals surface area contributed by atoms with E-state index in [-0.39, 0.29) is 18.8 Å². The van der Waals surface area contributed by atoms with Gasteiger partial charge in [-0.05, 0) is 38.1 Å². The normalized spacial score (nSPS) is 27.7. The zero-order valence-corrected chi connectivity index (χ0v) is 11.2. The van der Waals surface area contributed by atoms with Gasteiger partial charge >= 0.3 is 0 Å². The molecule has 1 aliphatic rings. The van der Waals surface area contributed by atoms with E-state index in [0.717, 1.165) is 38.6 Å². The Balaban J connectivity index is 2.29. The van der Waals surface area contributed by atoms with E-state index in [2.05, 4.69) is 12.2 Å². The second kappa shape index (κ2) is 8.90. The zero-order chi connectivity index (χ0) is 12.5. The second-order valence-electron chi connectivity index (χ2n) is 5.39. The fourth-order valence-electron chi connectivity index (χ4n) is 2.78. The van der Waals surface area contributed by atoms with Crippen LogP contribution in [-0.2, 0) is 0 Å². The van der Waals surface area contributed by atoms with E-state index >= 15 is 0 Å². The Morgan fingerprint density at radius 2 is 1.94 bits per heavy atom. The molecule has 1 rings (SSSR count). The highest BCUT2D eigenvalue weighted by Gasteiger charge is 2.21. The average Bonchev–Trinajstić information content (AvgIpc) is 2.52. The molecule has 0 bridgehead atoms. The zero-order valence-electron chi connectivity index (χ0n) is 11.2. The van der Waals surface area contributed by atoms with Crippen LogP contribution in [0, 0.1) is 5.92 Å². The SMILES string of the molecule is CCCC(CCO)CNC1CCCCCC1O. The molecule has 102 valence electrons. The summed E-state index contributed by atoms with van der Waals surface area (Å²) in [5, 5.41) is 22.5. The maximum atomic E-state index is 10.0. The van der Waals surface area contributed by atoms with Crippen LogP contribution in [0.1, 0.15) is 58.3 Å². The van der Waals surface area contributed by atoms with Gasteiger partial charge in [0.1, 0.15) is 0 Å². The lowest BCUT2D eigenvalue weighted by atomic mass is 9.98. The summed E-state index contributed by atoms with van der Waals surface area (Å²) in [5.41, 5.74) is 0. The van der Waals surface area contributed by atoms with E-state index in [1.807, 2.05) is 0 Å². The smallest absolute Gasteiger partial charge is 0.0693 e. The lowest BCUT2D eigenvalue weighted by Crippen LogP contribution is -2.41. The van der Waals surface area contributed by atoms with Crippen LogP contribution < -0.4 is 5.32 Å². The van der Waals surface area contributed by atoms with Crippen LogP contribution in [0.5, 0.6) is 0 Å². The number of nitrogens with one attached hydrogen (secondary N) is 1. The molecule has 0 radical (unpaired) electrons. The van der Waals surface area contributed by atoms with Gasteiger partial charge < -0.3 is 15.5 Å². The van der Waals surface area contributed by atoms with Gasteiger partial charge in [-0.3, -0.25) is 0 Å². The van der Waals surface area contributed by atoms with Crippen LogP contribution in [0.15, 0.2) is 0 Å². The lowest BCUT2D eigenvalue weighted by molar-refractivity contribution is 0.116. The first-order valence-electron chi connectivity index (χ1n) is 7.30. The molecule has 0 amide bonds. The molecule has 0 heterocycles. The van der Waals surface area contributed by atoms with Crippen molar-refractivity contribution >= 4 is 0 Å². The third-order valence-corrected chi connectivity index (χ3v) is 3.88. The largest absolute Gasteiger partial charge is 0.396 e. The van der Waals surface area contributed by atoms with Gasteiger partial charge in [-0.15, -0.1) is 0 Å². The van der Waals surface area contributed by atoms with Gasteiger partial charge in [-0.2, -0.15) is 0 Å². The van der Waals surface area contributed by atoms with Crippen LogP contribution in [0.4, 0.5) is 0 Å². The number of rotatable bonds is 7. The minimum absolute atomic E-state index is 0.172. The van der Waals surface area contributed by atoms with Crippen LogP contribution in [0.3, 0.4) is 0 Å². The van der Waals surface area contributed by atoms with E-state index in [1.165, 1.54) is 19.3 Å². The van der Waals surface area contributed by atoms with E-state index in [9.17, 15) is 5.11 Å². The lowest BCUT2D eigenvalue weighted by Gasteiger charge is -2.25. The summed E-state index contributed by atoms with van der Waals surface area (Å²) in [7, 11) is 0. The highest BCUT2D eigenvalue weighted by Crippen LogP contribution is 2.19. The van der Waals surface area contributed by atoms with Crippen molar-refractivity contribution in [1.82, 2.24) is 5.32 Å². The quantitative estimate of drug-likeness (QED) is 0.600. The minimum Gasteiger partial charge on any atom is -0.396 e. The van der Waals surface area contributed by atoms with E-state index in [1.54, 1.807) is 0 Å². The Labute approximate surface area is 106 Å². The van der Waals surface area contributed by atoms with Crippen LogP contribution in [-0.4, -0.2) is 35.5 Å². The van der Waals surface area contributed by atoms with Gasteiger partial charge in [0.25, 0.3) is 0 Å². The first kappa shape index (κ1) is 14.9. The molecule has 1 fully saturated rings. The van der Waals surface area contributed by atoms with Crippen molar-refractivity contribution in [3.05, 3.63) is 0 Å². The van der Waals surface area contributed by atoms with Crippen LogP contribution >= 0.6 is 0 Å². The molecule has 0 aromatic rings. The molecule has 0 aliphatic heterocycles. The summed E-state index contributed by atoms with van der Waals surface area (Å²) in [4.78, 5) is 0. The van der Waals surface area contributed by atoms with Gasteiger partial charge in [0, 0.05) is 12.6 Å². The van der Waals surface area contributed by atoms with Gasteiger partial charge in [0.05, 0.1) is 6.10 Å². The van der Waals surface area contributed by atoms with Gasteiger partial charge in [-0.1, -0.05) is 32.6 Å². The summed E-state index contributed by atoms with van der Waals surface area (Å²) in [6, 6.07) is 0.274. The molecule has 0 spiro atoms. The topological polar surface area (TPSA) is 52.5 Å². The number of hydrogen-bond acceptors (Lipinski definition) is 3. The van der Waals surface area contributed by atoms with Gasteiger partial charge in [0.2, 0.25) is 0 Å². The third kappa shape index (κ3) is 5.84. The third-order valence-electron chi connectivity index (χ3n) is 3.88. The molecule has 3 atom stereocenters. The predicted molar refractivity (Wildman–Crippen MR) is 71.0 cm³/mol. The van der Waals surface area contributed by atoms with Crippen molar-refractivity contribution < 1.29 is 10.2 Å². The maximum absolute atomic E-state index is 10.0. The minimum atomic E-state index is -0.172. The van der Waals surface area contributed by atoms with Crippen molar-refractivity contribution in [2.24, 2.45) is 5.92 Å². The fraction of sp³-hybridized carbons (Fsp3) is 1.00. The Morgan fingerprint density at radius 3 is 2.65 bits per heavy atom. The second-order valence-corrected chi connectivity index (χ2v) is 5.39. The first-order chi connectivity index (χ1) is 8.27. The van der Waals surface area contributed by atoms with Crippen LogP contribution in [0.25, 0.3) is 0 Å². The molecule has 3 heteroatoms. The van der Waals surface area contributed by atoms with Crippen molar-refractivity contribution in [2.75, 3.05) is 13.2 Å². The molecule has 1 aliphatic carbocycles. The van der Waals surface area contributed by atoms with E-state index in [0.29, 0.717) is 5.92 Å². The Bertz CT molecular complexity index is 181. The molecule has 0 saturated heterocycles. The number of aliphatic hydroxyl groups is 2. The van der Waals surface area contributed by atoms with Crippen molar-refractivity contribution in [2.45, 2.75) is 70.4 Å². The van der Waals surface area contributed by atoms with E-state index < -0.39 is 0 Å². The average molecular weight is 243 g/mol. The molecule has 17 heavy (non-hydrogen) atoms. The van der Waals surface area contributed by atoms with E-state index in [4.69, 9.17) is 5.11 Å². The molecule has 1 saturated carbocycles. The highest BCUT2D eigenvalue weighted by atomic mass is 16.3. The van der Waals surface area contributed by atoms with Crippen molar-refractivity contribution in [3.8, 4) is 0 Å². The number of hydrogen-bond donors (Lipinski definition) is 3. The van der Waals surface area contributed by atoms with Crippen molar-refractivity contribution in [3.63, 3.8) is 0 Å². The molecule has 0 aromatic heterocycles. The van der Waals surface area contributed by atoms with Gasteiger partial charge in [-0.25, -0.2) is 0 Å². The highest BCUT2D eigenvalue weighted by molar-refractivity contribution is 4.79. The predicted octanol–water partition coefficient (Wildman–Crippen LogP) is 2.07. The first-order valence-corrected chi connectivity index (χ1v) is 7.30. The Morgan fingerprint density at radius 1 is 1.18 bits per heavy atom. The summed E-state index contributed by atoms with van der Waals surface area (Å²) in [6.45, 7) is 3.40. The molecular formula is C14H29NO2. The monoisotopic (exact) mass is 243 g/mol. The summed E-state index contributed by atoms with van der Waals surface area (Å²) in [6.07, 6.45) is 8.72. The molecule has 3 unspecified atom stereocenters. The Kier molecular flexibility index (Phi) is 7.82. The summed E-state index contributed by atoms with van der Waals surface area (Å²) >= 11 is 0. The van der Waals surface area contributed by atoms with Crippen LogP contribution in [0.2, 0.25) is 0 Å². The standard InChI is InChI=1S/C14H29NO2/c1-2-6-12(9-10-16)11-15-13-7-4-3-5-8-14(13)17/h12-17H,2-11H2,1H3. The molecule has 3 nitrogen and oxygen atoms in total. The molecule has 0 aromatic carbocycles. The summed E-state index contributed by atoms with van der Waals surface area (Å²) in [5.74, 6) is 0.556. The fourth-order valence-corrected chi connectivity index (χ4v) is 2.78. The summed E-state index contributed by atoms with van der Waals surface area (Å²) < 4.78 is 0. The van der Waals surface area contributed by atoms with Gasteiger partial charge in [0.15, 0.2) is 0 Å². The maximum Gasteiger partial charge on any atom is 0.0693 e. The Hall–Kier alpha value is -0.120. The van der Waals surface area contributed by atoms with Crippen molar-refractivity contribution in [1.29, 1.82) is 0 Å².